The first kappa shape index (κ1) is 18.3. The number of pyridine rings is 2. The number of hydrogen-bond acceptors (Lipinski definition) is 6. The molecule has 0 bridgehead atoms. The highest BCUT2D eigenvalue weighted by Crippen LogP contribution is 2.37. The van der Waals surface area contributed by atoms with E-state index in [1.165, 1.54) is 0 Å². The van der Waals surface area contributed by atoms with Crippen LogP contribution in [0.3, 0.4) is 0 Å². The summed E-state index contributed by atoms with van der Waals surface area (Å²) in [5.74, 6) is 2.30. The van der Waals surface area contributed by atoms with Gasteiger partial charge in [0, 0.05) is 47.0 Å². The molecule has 0 spiro atoms. The molecule has 1 N–H and O–H groups in total. The minimum absolute atomic E-state index is 0.702. The van der Waals surface area contributed by atoms with E-state index >= 15 is 0 Å². The van der Waals surface area contributed by atoms with Gasteiger partial charge in [-0.05, 0) is 43.7 Å². The van der Waals surface area contributed by atoms with Crippen molar-refractivity contribution in [3.8, 4) is 11.5 Å². The van der Waals surface area contributed by atoms with Gasteiger partial charge < -0.3 is 19.7 Å². The lowest BCUT2D eigenvalue weighted by Crippen LogP contribution is -2.21. The molecule has 4 rings (SSSR count). The zero-order chi connectivity index (χ0) is 19.7. The van der Waals surface area contributed by atoms with Gasteiger partial charge in [0.05, 0.1) is 19.7 Å². The maximum absolute atomic E-state index is 5.49. The Balaban J connectivity index is 1.89. The SMILES string of the molecule is COc1cc2cnc3c4ccnc(NCCN(C)C)c4ccc3c2cc1OC. The number of hydrogen-bond donors (Lipinski definition) is 1. The molecule has 0 unspecified atom stereocenters. The molecule has 2 aromatic carbocycles. The van der Waals surface area contributed by atoms with Gasteiger partial charge in [0.25, 0.3) is 0 Å². The number of nitrogens with one attached hydrogen (secondary N) is 1. The quantitative estimate of drug-likeness (QED) is 0.515. The van der Waals surface area contributed by atoms with Crippen molar-refractivity contribution in [1.29, 1.82) is 0 Å². The summed E-state index contributed by atoms with van der Waals surface area (Å²) in [5.41, 5.74) is 0.954. The predicted molar refractivity (Wildman–Crippen MR) is 115 cm³/mol. The van der Waals surface area contributed by atoms with Crippen LogP contribution < -0.4 is 14.8 Å². The summed E-state index contributed by atoms with van der Waals surface area (Å²) in [5, 5.41) is 8.77. The summed E-state index contributed by atoms with van der Waals surface area (Å²) in [6.45, 7) is 1.77. The lowest BCUT2D eigenvalue weighted by molar-refractivity contribution is 0.356. The summed E-state index contributed by atoms with van der Waals surface area (Å²) in [6, 6.07) is 10.2. The van der Waals surface area contributed by atoms with Crippen LogP contribution in [0.1, 0.15) is 0 Å². The first-order chi connectivity index (χ1) is 13.6. The second-order valence-electron chi connectivity index (χ2n) is 7.00. The van der Waals surface area contributed by atoms with Gasteiger partial charge in [0.2, 0.25) is 0 Å². The lowest BCUT2D eigenvalue weighted by Gasteiger charge is -2.14. The molecule has 0 fully saturated rings. The molecule has 144 valence electrons. The van der Waals surface area contributed by atoms with Crippen molar-refractivity contribution in [2.45, 2.75) is 0 Å². The second-order valence-corrected chi connectivity index (χ2v) is 7.00. The fourth-order valence-electron chi connectivity index (χ4n) is 3.50. The number of nitrogens with zero attached hydrogens (tertiary/aromatic N) is 3. The molecule has 28 heavy (non-hydrogen) atoms. The molecule has 2 heterocycles. The number of rotatable bonds is 6. The van der Waals surface area contributed by atoms with Crippen molar-refractivity contribution in [3.05, 3.63) is 42.7 Å². The second kappa shape index (κ2) is 7.48. The Bertz CT molecular complexity index is 1160. The van der Waals surface area contributed by atoms with E-state index in [1.54, 1.807) is 14.2 Å². The fourth-order valence-corrected chi connectivity index (χ4v) is 3.50. The molecule has 0 atom stereocenters. The summed E-state index contributed by atoms with van der Waals surface area (Å²) >= 11 is 0. The Morgan fingerprint density at radius 2 is 1.61 bits per heavy atom. The van der Waals surface area contributed by atoms with Crippen LogP contribution in [0.2, 0.25) is 0 Å². The monoisotopic (exact) mass is 376 g/mol. The molecule has 0 saturated carbocycles. The largest absolute Gasteiger partial charge is 0.493 e. The average molecular weight is 376 g/mol. The van der Waals surface area contributed by atoms with Crippen molar-refractivity contribution in [1.82, 2.24) is 14.9 Å². The van der Waals surface area contributed by atoms with E-state index in [-0.39, 0.29) is 0 Å². The van der Waals surface area contributed by atoms with Crippen LogP contribution >= 0.6 is 0 Å². The zero-order valence-electron chi connectivity index (χ0n) is 16.6. The molecule has 6 nitrogen and oxygen atoms in total. The van der Waals surface area contributed by atoms with E-state index in [1.807, 2.05) is 30.6 Å². The van der Waals surface area contributed by atoms with Crippen LogP contribution in [0, 0.1) is 0 Å². The molecule has 0 radical (unpaired) electrons. The van der Waals surface area contributed by atoms with Crippen LogP contribution in [-0.2, 0) is 0 Å². The number of likely N-dealkylation sites (N-methyl/N-ethyl adjacent to an activating group) is 1. The highest BCUT2D eigenvalue weighted by molar-refractivity contribution is 6.17. The van der Waals surface area contributed by atoms with E-state index < -0.39 is 0 Å². The number of anilines is 1. The number of ether oxygens (including phenoxy) is 2. The van der Waals surface area contributed by atoms with Gasteiger partial charge in [-0.1, -0.05) is 6.07 Å². The third-order valence-corrected chi connectivity index (χ3v) is 4.95. The van der Waals surface area contributed by atoms with Crippen molar-refractivity contribution < 1.29 is 9.47 Å². The number of methoxy groups -OCH3 is 2. The van der Waals surface area contributed by atoms with Gasteiger partial charge >= 0.3 is 0 Å². The molecule has 0 aliphatic rings. The molecule has 2 aromatic heterocycles. The molecule has 0 aliphatic carbocycles. The summed E-state index contributed by atoms with van der Waals surface area (Å²) in [4.78, 5) is 11.4. The molecular weight excluding hydrogens is 352 g/mol. The maximum atomic E-state index is 5.49. The summed E-state index contributed by atoms with van der Waals surface area (Å²) in [7, 11) is 7.41. The van der Waals surface area contributed by atoms with Crippen LogP contribution in [0.15, 0.2) is 42.7 Å². The standard InChI is InChI=1S/C22H24N4O2/c1-26(2)10-9-24-22-17-6-5-15-18-12-20(28-4)19(27-3)11-14(18)13-25-21(15)16(17)7-8-23-22/h5-8,11-13H,9-10H2,1-4H3,(H,23,24). The van der Waals surface area contributed by atoms with Crippen LogP contribution in [0.5, 0.6) is 11.5 Å². The van der Waals surface area contributed by atoms with Gasteiger partial charge in [-0.15, -0.1) is 0 Å². The Morgan fingerprint density at radius 1 is 0.893 bits per heavy atom. The highest BCUT2D eigenvalue weighted by Gasteiger charge is 2.12. The molecule has 4 aromatic rings. The first-order valence-electron chi connectivity index (χ1n) is 9.23. The van der Waals surface area contributed by atoms with Crippen LogP contribution in [0.4, 0.5) is 5.82 Å². The third-order valence-electron chi connectivity index (χ3n) is 4.95. The van der Waals surface area contributed by atoms with Crippen LogP contribution in [-0.4, -0.2) is 56.3 Å². The minimum Gasteiger partial charge on any atom is -0.493 e. The van der Waals surface area contributed by atoms with Crippen molar-refractivity contribution in [2.75, 3.05) is 46.7 Å². The van der Waals surface area contributed by atoms with E-state index in [0.717, 1.165) is 51.4 Å². The van der Waals surface area contributed by atoms with E-state index in [9.17, 15) is 0 Å². The molecule has 0 saturated heterocycles. The first-order valence-corrected chi connectivity index (χ1v) is 9.23. The van der Waals surface area contributed by atoms with E-state index in [2.05, 4.69) is 41.4 Å². The van der Waals surface area contributed by atoms with Gasteiger partial charge in [0.1, 0.15) is 5.82 Å². The topological polar surface area (TPSA) is 59.5 Å². The Morgan fingerprint density at radius 3 is 2.36 bits per heavy atom. The maximum Gasteiger partial charge on any atom is 0.161 e. The zero-order valence-corrected chi connectivity index (χ0v) is 16.6. The van der Waals surface area contributed by atoms with E-state index in [0.29, 0.717) is 11.5 Å². The summed E-state index contributed by atoms with van der Waals surface area (Å²) in [6.07, 6.45) is 3.72. The van der Waals surface area contributed by atoms with Gasteiger partial charge in [-0.3, -0.25) is 4.98 Å². The van der Waals surface area contributed by atoms with Crippen LogP contribution in [0.25, 0.3) is 32.4 Å². The molecule has 0 amide bonds. The minimum atomic E-state index is 0.702. The summed E-state index contributed by atoms with van der Waals surface area (Å²) < 4.78 is 10.9. The van der Waals surface area contributed by atoms with Crippen molar-refractivity contribution in [2.24, 2.45) is 0 Å². The normalized spacial score (nSPS) is 11.5. The Kier molecular flexibility index (Phi) is 4.88. The Labute approximate surface area is 164 Å². The molecule has 6 heteroatoms. The van der Waals surface area contributed by atoms with E-state index in [4.69, 9.17) is 14.5 Å². The van der Waals surface area contributed by atoms with Gasteiger partial charge in [-0.25, -0.2) is 4.98 Å². The molecule has 0 aliphatic heterocycles. The number of aromatic nitrogens is 2. The van der Waals surface area contributed by atoms with Gasteiger partial charge in [0.15, 0.2) is 11.5 Å². The smallest absolute Gasteiger partial charge is 0.161 e. The average Bonchev–Trinajstić information content (AvgIpc) is 2.71. The lowest BCUT2D eigenvalue weighted by atomic mass is 10.0. The fraction of sp³-hybridized carbons (Fsp3) is 0.273. The molecular formula is C22H24N4O2. The predicted octanol–water partition coefficient (Wildman–Crippen LogP) is 3.93. The van der Waals surface area contributed by atoms with Crippen molar-refractivity contribution in [3.63, 3.8) is 0 Å². The third kappa shape index (κ3) is 3.16. The highest BCUT2D eigenvalue weighted by atomic mass is 16.5. The number of fused-ring (bicyclic) bond motifs is 5. The van der Waals surface area contributed by atoms with Gasteiger partial charge in [-0.2, -0.15) is 0 Å². The van der Waals surface area contributed by atoms with Crippen molar-refractivity contribution >= 4 is 38.3 Å². The number of benzene rings is 2. The Hall–Kier alpha value is -3.12.